The van der Waals surface area contributed by atoms with E-state index >= 15 is 0 Å². The van der Waals surface area contributed by atoms with Gasteiger partial charge in [-0.2, -0.15) is 9.13 Å². The highest BCUT2D eigenvalue weighted by atomic mass is 16.2. The molecule has 1 amide bonds. The number of aryl methyl sites for hydroxylation is 2. The number of nitrogens with zero attached hydrogens (tertiary/aromatic N) is 7. The number of rotatable bonds is 17. The van der Waals surface area contributed by atoms with Gasteiger partial charge in [0.1, 0.15) is 18.9 Å². The standard InChI is InChI=1S/C51H67N7O2/c1-52(2)42-21-17-38-31-39-18-22-43(53(3)4)34-47(39)57(46(38)33-42)27-13-9-11-15-50(59)37-25-29-56(30-26-37)51(60)16-12-10-14-28-58-48-35-44(54(5)6)23-19-40(48)32-41-20-24-45(55(7)8)36-49(41)58/h17-24,31-37H,9-16,25-30H2,1-8H3/q+2. The van der Waals surface area contributed by atoms with E-state index in [0.717, 1.165) is 64.5 Å². The Kier molecular flexibility index (Phi) is 13.4. The summed E-state index contributed by atoms with van der Waals surface area (Å²) in [4.78, 5) is 37.3. The fourth-order valence-corrected chi connectivity index (χ4v) is 9.02. The van der Waals surface area contributed by atoms with Crippen molar-refractivity contribution in [3.05, 3.63) is 84.9 Å². The third kappa shape index (κ3) is 9.61. The van der Waals surface area contributed by atoms with Crippen LogP contribution >= 0.6 is 0 Å². The summed E-state index contributed by atoms with van der Waals surface area (Å²) in [6.45, 7) is 3.20. The number of benzene rings is 4. The first kappa shape index (κ1) is 42.7. The Morgan fingerprint density at radius 3 is 1.18 bits per heavy atom. The van der Waals surface area contributed by atoms with E-state index in [-0.39, 0.29) is 11.8 Å². The minimum Gasteiger partial charge on any atom is -0.377 e. The van der Waals surface area contributed by atoms with Crippen molar-refractivity contribution in [1.29, 1.82) is 0 Å². The Morgan fingerprint density at radius 2 is 0.833 bits per heavy atom. The summed E-state index contributed by atoms with van der Waals surface area (Å²) in [6.07, 6.45) is 8.61. The number of unbranched alkanes of at least 4 members (excludes halogenated alkanes) is 4. The molecule has 9 heteroatoms. The molecular formula is C51H67N7O2+2. The van der Waals surface area contributed by atoms with Crippen LogP contribution < -0.4 is 28.7 Å². The van der Waals surface area contributed by atoms with Crippen LogP contribution in [0.2, 0.25) is 0 Å². The smallest absolute Gasteiger partial charge is 0.222 e. The van der Waals surface area contributed by atoms with Gasteiger partial charge in [-0.05, 0) is 99.2 Å². The number of ketones is 1. The van der Waals surface area contributed by atoms with Gasteiger partial charge in [0.05, 0.1) is 0 Å². The van der Waals surface area contributed by atoms with Crippen LogP contribution in [0.1, 0.15) is 64.2 Å². The molecule has 4 aromatic carbocycles. The van der Waals surface area contributed by atoms with Gasteiger partial charge in [0.15, 0.2) is 0 Å². The number of likely N-dealkylation sites (tertiary alicyclic amines) is 1. The van der Waals surface area contributed by atoms with Crippen LogP contribution in [0.5, 0.6) is 0 Å². The largest absolute Gasteiger partial charge is 0.377 e. The molecule has 1 aliphatic rings. The van der Waals surface area contributed by atoms with Gasteiger partial charge in [-0.25, -0.2) is 0 Å². The second-order valence-corrected chi connectivity index (χ2v) is 17.9. The highest BCUT2D eigenvalue weighted by molar-refractivity contribution is 5.93. The van der Waals surface area contributed by atoms with Crippen LogP contribution in [0.4, 0.5) is 22.7 Å². The van der Waals surface area contributed by atoms with Crippen LogP contribution in [0.3, 0.4) is 0 Å². The lowest BCUT2D eigenvalue weighted by molar-refractivity contribution is -0.646. The van der Waals surface area contributed by atoms with E-state index in [1.54, 1.807) is 0 Å². The van der Waals surface area contributed by atoms with Crippen LogP contribution in [-0.4, -0.2) is 86.1 Å². The summed E-state index contributed by atoms with van der Waals surface area (Å²) >= 11 is 0. The van der Waals surface area contributed by atoms with Crippen molar-refractivity contribution in [2.45, 2.75) is 77.3 Å². The summed E-state index contributed by atoms with van der Waals surface area (Å²) in [5.41, 5.74) is 9.73. The molecule has 2 aromatic heterocycles. The summed E-state index contributed by atoms with van der Waals surface area (Å²) in [5.74, 6) is 0.697. The number of Topliss-reactive ketones (excluding diaryl/α,β-unsaturated/α-hetero) is 1. The quantitative estimate of drug-likeness (QED) is 0.0522. The van der Waals surface area contributed by atoms with E-state index < -0.39 is 0 Å². The highest BCUT2D eigenvalue weighted by Crippen LogP contribution is 2.28. The summed E-state index contributed by atoms with van der Waals surface area (Å²) in [7, 11) is 16.7. The third-order valence-corrected chi connectivity index (χ3v) is 12.8. The number of anilines is 4. The molecule has 0 atom stereocenters. The Labute approximate surface area is 357 Å². The lowest BCUT2D eigenvalue weighted by atomic mass is 9.89. The average molecular weight is 810 g/mol. The van der Waals surface area contributed by atoms with E-state index in [1.165, 1.54) is 66.4 Å². The predicted molar refractivity (Wildman–Crippen MR) is 252 cm³/mol. The van der Waals surface area contributed by atoms with Crippen molar-refractivity contribution in [1.82, 2.24) is 4.90 Å². The number of pyridine rings is 2. The van der Waals surface area contributed by atoms with Crippen LogP contribution in [0, 0.1) is 5.92 Å². The lowest BCUT2D eigenvalue weighted by Crippen LogP contribution is -2.40. The molecule has 0 unspecified atom stereocenters. The molecule has 60 heavy (non-hydrogen) atoms. The zero-order valence-electron chi connectivity index (χ0n) is 37.5. The molecule has 1 saturated heterocycles. The minimum atomic E-state index is 0.0768. The molecule has 3 heterocycles. The van der Waals surface area contributed by atoms with Gasteiger partial charge in [-0.15, -0.1) is 0 Å². The Hall–Kier alpha value is -5.44. The SMILES string of the molecule is CN(C)c1ccc2cc3ccc(N(C)C)cc3[n+](CCCCCC(=O)C3CCN(C(=O)CCCCC[n+]4c5cc(N(C)C)ccc5cc5ccc(N(C)C)cc54)CC3)c2c1. The number of piperidine rings is 1. The van der Waals surface area contributed by atoms with Gasteiger partial charge in [-0.1, -0.05) is 0 Å². The third-order valence-electron chi connectivity index (χ3n) is 12.8. The average Bonchev–Trinajstić information content (AvgIpc) is 3.24. The summed E-state index contributed by atoms with van der Waals surface area (Å²) < 4.78 is 4.95. The van der Waals surface area contributed by atoms with Crippen LogP contribution in [0.15, 0.2) is 84.9 Å². The lowest BCUT2D eigenvalue weighted by Gasteiger charge is -2.31. The molecule has 0 saturated carbocycles. The molecular weight excluding hydrogens is 743 g/mol. The van der Waals surface area contributed by atoms with E-state index in [2.05, 4.69) is 170 Å². The number of hydrogen-bond acceptors (Lipinski definition) is 6. The fraction of sp³-hybridized carbons (Fsp3) is 0.451. The van der Waals surface area contributed by atoms with Crippen molar-refractivity contribution in [3.8, 4) is 0 Å². The number of fused-ring (bicyclic) bond motifs is 4. The summed E-state index contributed by atoms with van der Waals surface area (Å²) in [5, 5.41) is 4.97. The van der Waals surface area contributed by atoms with Gasteiger partial charge < -0.3 is 24.5 Å². The molecule has 9 nitrogen and oxygen atoms in total. The van der Waals surface area contributed by atoms with Gasteiger partial charge >= 0.3 is 0 Å². The Balaban J connectivity index is 0.873. The first-order valence-corrected chi connectivity index (χ1v) is 22.2. The fourth-order valence-electron chi connectivity index (χ4n) is 9.02. The second kappa shape index (κ2) is 18.9. The monoisotopic (exact) mass is 810 g/mol. The predicted octanol–water partition coefficient (Wildman–Crippen LogP) is 8.77. The first-order chi connectivity index (χ1) is 28.9. The zero-order valence-corrected chi connectivity index (χ0v) is 37.5. The maximum absolute atomic E-state index is 13.4. The molecule has 0 bridgehead atoms. The minimum absolute atomic E-state index is 0.0768. The molecule has 0 spiro atoms. The number of amides is 1. The van der Waals surface area contributed by atoms with Gasteiger partial charge in [0.2, 0.25) is 28.0 Å². The topological polar surface area (TPSA) is 58.1 Å². The maximum atomic E-state index is 13.4. The molecule has 6 aromatic rings. The molecule has 0 N–H and O–H groups in total. The summed E-state index contributed by atoms with van der Waals surface area (Å²) in [6, 6.07) is 31.5. The molecule has 1 aliphatic heterocycles. The van der Waals surface area contributed by atoms with Crippen molar-refractivity contribution in [3.63, 3.8) is 0 Å². The number of carbonyl (C=O) groups is 2. The Morgan fingerprint density at radius 1 is 0.483 bits per heavy atom. The first-order valence-electron chi connectivity index (χ1n) is 22.2. The van der Waals surface area contributed by atoms with Gasteiger partial charge in [-0.3, -0.25) is 9.59 Å². The van der Waals surface area contributed by atoms with Crippen molar-refractivity contribution >= 4 is 78.1 Å². The van der Waals surface area contributed by atoms with E-state index in [1.807, 2.05) is 4.90 Å². The normalized spacial score (nSPS) is 13.4. The van der Waals surface area contributed by atoms with Gasteiger partial charge in [0, 0.05) is 170 Å². The van der Waals surface area contributed by atoms with Gasteiger partial charge in [0.25, 0.3) is 0 Å². The maximum Gasteiger partial charge on any atom is 0.222 e. The second-order valence-electron chi connectivity index (χ2n) is 17.9. The van der Waals surface area contributed by atoms with E-state index in [9.17, 15) is 9.59 Å². The molecule has 1 fully saturated rings. The number of carbonyl (C=O) groups excluding carboxylic acids is 2. The zero-order chi connectivity index (χ0) is 42.5. The van der Waals surface area contributed by atoms with E-state index in [0.29, 0.717) is 31.7 Å². The van der Waals surface area contributed by atoms with Crippen LogP contribution in [-0.2, 0) is 22.7 Å². The molecule has 0 radical (unpaired) electrons. The van der Waals surface area contributed by atoms with Crippen molar-refractivity contribution in [2.24, 2.45) is 5.92 Å². The van der Waals surface area contributed by atoms with Crippen molar-refractivity contribution < 1.29 is 18.7 Å². The van der Waals surface area contributed by atoms with Crippen LogP contribution in [0.25, 0.3) is 43.6 Å². The Bertz CT molecular complexity index is 2180. The van der Waals surface area contributed by atoms with E-state index in [4.69, 9.17) is 0 Å². The molecule has 7 rings (SSSR count). The molecule has 316 valence electrons. The number of aromatic nitrogens is 2. The van der Waals surface area contributed by atoms with Crippen molar-refractivity contribution in [2.75, 3.05) is 89.1 Å². The highest BCUT2D eigenvalue weighted by Gasteiger charge is 2.27. The molecule has 0 aliphatic carbocycles. The number of hydrogen-bond donors (Lipinski definition) is 0.